The molecule has 3 rings (SSSR count). The number of aliphatic hydroxyl groups excluding tert-OH is 1. The fourth-order valence-electron chi connectivity index (χ4n) is 3.00. The van der Waals surface area contributed by atoms with Crippen LogP contribution >= 0.6 is 0 Å². The van der Waals surface area contributed by atoms with E-state index in [1.54, 1.807) is 7.11 Å². The summed E-state index contributed by atoms with van der Waals surface area (Å²) in [6.45, 7) is 2.65. The topological polar surface area (TPSA) is 38.7 Å². The van der Waals surface area contributed by atoms with E-state index >= 15 is 0 Å². The Morgan fingerprint density at radius 3 is 2.86 bits per heavy atom. The van der Waals surface area contributed by atoms with E-state index in [1.165, 1.54) is 0 Å². The van der Waals surface area contributed by atoms with E-state index in [-0.39, 0.29) is 5.92 Å². The molecule has 2 aromatic rings. The van der Waals surface area contributed by atoms with Crippen LogP contribution in [0.3, 0.4) is 0 Å². The summed E-state index contributed by atoms with van der Waals surface area (Å²) in [5, 5.41) is 10.9. The molecule has 0 radical (unpaired) electrons. The summed E-state index contributed by atoms with van der Waals surface area (Å²) in [6, 6.07) is 13.8. The number of fused-ring (bicyclic) bond motifs is 1. The molecule has 3 heteroatoms. The number of benzene rings is 2. The number of para-hydroxylation sites is 1. The molecule has 0 aromatic heterocycles. The van der Waals surface area contributed by atoms with Crippen molar-refractivity contribution in [2.45, 2.75) is 25.4 Å². The summed E-state index contributed by atoms with van der Waals surface area (Å²) in [7, 11) is 1.64. The van der Waals surface area contributed by atoms with Gasteiger partial charge in [0.25, 0.3) is 0 Å². The Morgan fingerprint density at radius 1 is 1.24 bits per heavy atom. The summed E-state index contributed by atoms with van der Waals surface area (Å²) < 4.78 is 11.1. The minimum Gasteiger partial charge on any atom is -0.496 e. The summed E-state index contributed by atoms with van der Waals surface area (Å²) >= 11 is 0. The van der Waals surface area contributed by atoms with Gasteiger partial charge in [0.2, 0.25) is 0 Å². The van der Waals surface area contributed by atoms with Gasteiger partial charge >= 0.3 is 0 Å². The highest BCUT2D eigenvalue weighted by atomic mass is 16.5. The monoisotopic (exact) mass is 284 g/mol. The summed E-state index contributed by atoms with van der Waals surface area (Å²) in [4.78, 5) is 0. The van der Waals surface area contributed by atoms with Gasteiger partial charge in [-0.1, -0.05) is 29.8 Å². The quantitative estimate of drug-likeness (QED) is 0.936. The van der Waals surface area contributed by atoms with Crippen molar-refractivity contribution in [1.82, 2.24) is 0 Å². The third-order valence-electron chi connectivity index (χ3n) is 4.09. The Hall–Kier alpha value is -2.00. The van der Waals surface area contributed by atoms with Crippen molar-refractivity contribution >= 4 is 0 Å². The molecule has 0 bridgehead atoms. The predicted molar refractivity (Wildman–Crippen MR) is 82.0 cm³/mol. The van der Waals surface area contributed by atoms with Gasteiger partial charge in [-0.05, 0) is 31.5 Å². The second-order valence-electron chi connectivity index (χ2n) is 5.47. The maximum atomic E-state index is 10.9. The molecule has 0 aliphatic carbocycles. The molecule has 0 saturated carbocycles. The molecule has 1 aliphatic heterocycles. The first kappa shape index (κ1) is 14.0. The van der Waals surface area contributed by atoms with E-state index in [0.29, 0.717) is 6.61 Å². The fraction of sp³-hybridized carbons (Fsp3) is 0.333. The van der Waals surface area contributed by atoms with Gasteiger partial charge in [0, 0.05) is 17.0 Å². The lowest BCUT2D eigenvalue weighted by Gasteiger charge is -2.30. The highest BCUT2D eigenvalue weighted by Crippen LogP contribution is 2.43. The average molecular weight is 284 g/mol. The maximum Gasteiger partial charge on any atom is 0.124 e. The lowest BCUT2D eigenvalue weighted by molar-refractivity contribution is 0.114. The second kappa shape index (κ2) is 5.78. The molecule has 2 unspecified atom stereocenters. The van der Waals surface area contributed by atoms with Crippen LogP contribution in [-0.4, -0.2) is 18.8 Å². The summed E-state index contributed by atoms with van der Waals surface area (Å²) in [5.74, 6) is 1.64. The molecule has 3 nitrogen and oxygen atoms in total. The maximum absolute atomic E-state index is 10.9. The van der Waals surface area contributed by atoms with Gasteiger partial charge in [-0.25, -0.2) is 0 Å². The summed E-state index contributed by atoms with van der Waals surface area (Å²) in [6.07, 6.45) is 0.208. The number of hydrogen-bond acceptors (Lipinski definition) is 3. The minimum atomic E-state index is -0.593. The van der Waals surface area contributed by atoms with Crippen LogP contribution in [-0.2, 0) is 0 Å². The standard InChI is InChI=1S/C18H20O3/c1-12-7-8-16(20-2)15(11-12)18(19)14-9-10-21-17-6-4-3-5-13(14)17/h3-8,11,14,18-19H,9-10H2,1-2H3. The Bertz CT molecular complexity index is 636. The van der Waals surface area contributed by atoms with Crippen LogP contribution in [0.1, 0.15) is 35.1 Å². The van der Waals surface area contributed by atoms with Crippen LogP contribution in [0, 0.1) is 6.92 Å². The van der Waals surface area contributed by atoms with Crippen molar-refractivity contribution < 1.29 is 14.6 Å². The van der Waals surface area contributed by atoms with Crippen molar-refractivity contribution in [3.63, 3.8) is 0 Å². The molecule has 0 spiro atoms. The van der Waals surface area contributed by atoms with E-state index in [2.05, 4.69) is 0 Å². The number of hydrogen-bond donors (Lipinski definition) is 1. The van der Waals surface area contributed by atoms with Crippen molar-refractivity contribution in [3.8, 4) is 11.5 Å². The third kappa shape index (κ3) is 2.61. The number of aryl methyl sites for hydroxylation is 1. The molecule has 110 valence electrons. The van der Waals surface area contributed by atoms with Crippen LogP contribution in [0.2, 0.25) is 0 Å². The second-order valence-corrected chi connectivity index (χ2v) is 5.47. The van der Waals surface area contributed by atoms with E-state index < -0.39 is 6.10 Å². The SMILES string of the molecule is COc1ccc(C)cc1C(O)C1CCOc2ccccc21. The highest BCUT2D eigenvalue weighted by Gasteiger charge is 2.30. The Labute approximate surface area is 125 Å². The van der Waals surface area contributed by atoms with Crippen LogP contribution in [0.4, 0.5) is 0 Å². The van der Waals surface area contributed by atoms with Crippen molar-refractivity contribution in [3.05, 3.63) is 59.2 Å². The van der Waals surface area contributed by atoms with Gasteiger partial charge in [0.05, 0.1) is 19.8 Å². The van der Waals surface area contributed by atoms with Crippen LogP contribution in [0.25, 0.3) is 0 Å². The van der Waals surface area contributed by atoms with Crippen LogP contribution < -0.4 is 9.47 Å². The molecular weight excluding hydrogens is 264 g/mol. The predicted octanol–water partition coefficient (Wildman–Crippen LogP) is 3.60. The van der Waals surface area contributed by atoms with Gasteiger partial charge in [-0.2, -0.15) is 0 Å². The average Bonchev–Trinajstić information content (AvgIpc) is 2.53. The first-order valence-electron chi connectivity index (χ1n) is 7.25. The minimum absolute atomic E-state index is 0.0330. The van der Waals surface area contributed by atoms with Gasteiger partial charge in [-0.3, -0.25) is 0 Å². The van der Waals surface area contributed by atoms with Crippen molar-refractivity contribution in [2.75, 3.05) is 13.7 Å². The molecule has 2 aromatic carbocycles. The normalized spacial score (nSPS) is 18.5. The molecule has 1 heterocycles. The number of rotatable bonds is 3. The molecule has 21 heavy (non-hydrogen) atoms. The Kier molecular flexibility index (Phi) is 3.84. The van der Waals surface area contributed by atoms with E-state index in [0.717, 1.165) is 34.6 Å². The third-order valence-corrected chi connectivity index (χ3v) is 4.09. The molecular formula is C18H20O3. The number of aliphatic hydroxyl groups is 1. The Morgan fingerprint density at radius 2 is 2.05 bits per heavy atom. The summed E-state index contributed by atoms with van der Waals surface area (Å²) in [5.41, 5.74) is 3.03. The highest BCUT2D eigenvalue weighted by molar-refractivity contribution is 5.44. The lowest BCUT2D eigenvalue weighted by Crippen LogP contribution is -2.20. The van der Waals surface area contributed by atoms with Gasteiger partial charge in [0.15, 0.2) is 0 Å². The van der Waals surface area contributed by atoms with E-state index in [4.69, 9.17) is 9.47 Å². The van der Waals surface area contributed by atoms with E-state index in [1.807, 2.05) is 49.4 Å². The van der Waals surface area contributed by atoms with Crippen molar-refractivity contribution in [1.29, 1.82) is 0 Å². The van der Waals surface area contributed by atoms with Gasteiger partial charge < -0.3 is 14.6 Å². The molecule has 2 atom stereocenters. The number of ether oxygens (including phenoxy) is 2. The fourth-order valence-corrected chi connectivity index (χ4v) is 3.00. The zero-order valence-corrected chi connectivity index (χ0v) is 12.4. The van der Waals surface area contributed by atoms with Crippen molar-refractivity contribution in [2.24, 2.45) is 0 Å². The zero-order valence-electron chi connectivity index (χ0n) is 12.4. The first-order valence-corrected chi connectivity index (χ1v) is 7.25. The van der Waals surface area contributed by atoms with Crippen LogP contribution in [0.15, 0.2) is 42.5 Å². The zero-order chi connectivity index (χ0) is 14.8. The molecule has 1 N–H and O–H groups in total. The Balaban J connectivity index is 2.00. The molecule has 0 amide bonds. The van der Waals surface area contributed by atoms with Crippen LogP contribution in [0.5, 0.6) is 11.5 Å². The largest absolute Gasteiger partial charge is 0.496 e. The molecule has 1 aliphatic rings. The first-order chi connectivity index (χ1) is 10.2. The molecule has 0 fully saturated rings. The lowest BCUT2D eigenvalue weighted by atomic mass is 9.84. The number of methoxy groups -OCH3 is 1. The van der Waals surface area contributed by atoms with E-state index in [9.17, 15) is 5.11 Å². The van der Waals surface area contributed by atoms with Gasteiger partial charge in [-0.15, -0.1) is 0 Å². The smallest absolute Gasteiger partial charge is 0.124 e. The van der Waals surface area contributed by atoms with Gasteiger partial charge in [0.1, 0.15) is 11.5 Å². The molecule has 0 saturated heterocycles.